The average Bonchev–Trinajstić information content (AvgIpc) is 2.70. The molecule has 8 nitrogen and oxygen atoms in total. The van der Waals surface area contributed by atoms with E-state index in [9.17, 15) is 19.2 Å². The second kappa shape index (κ2) is 9.56. The molecule has 0 aromatic heterocycles. The molecule has 0 aliphatic carbocycles. The van der Waals surface area contributed by atoms with E-state index in [0.29, 0.717) is 4.90 Å². The number of benzene rings is 2. The van der Waals surface area contributed by atoms with Crippen molar-refractivity contribution in [1.82, 2.24) is 0 Å². The monoisotopic (exact) mass is 403 g/mol. The molecule has 2 rings (SSSR count). The van der Waals surface area contributed by atoms with Gasteiger partial charge in [0.25, 0.3) is 0 Å². The largest absolute Gasteiger partial charge is 0.465 e. The maximum absolute atomic E-state index is 12.6. The summed E-state index contributed by atoms with van der Waals surface area (Å²) >= 11 is 1.09. The second-order valence-corrected chi connectivity index (χ2v) is 6.39. The third-order valence-corrected chi connectivity index (χ3v) is 4.53. The molecular weight excluding hydrogens is 386 g/mol. The zero-order valence-corrected chi connectivity index (χ0v) is 15.9. The lowest BCUT2D eigenvalue weighted by molar-refractivity contribution is -0.115. The molecule has 0 unspecified atom stereocenters. The van der Waals surface area contributed by atoms with Crippen molar-refractivity contribution in [2.75, 3.05) is 20.0 Å². The van der Waals surface area contributed by atoms with Gasteiger partial charge in [0.2, 0.25) is 5.91 Å². The van der Waals surface area contributed by atoms with Crippen LogP contribution in [0.1, 0.15) is 31.1 Å². The zero-order valence-electron chi connectivity index (χ0n) is 15.1. The number of carbonyl (C=O) groups is 4. The number of hydrogen-bond acceptors (Lipinski definition) is 8. The molecular formula is C19H17NO7S. The lowest BCUT2D eigenvalue weighted by Gasteiger charge is -2.11. The van der Waals surface area contributed by atoms with E-state index in [1.807, 2.05) is 0 Å². The van der Waals surface area contributed by atoms with Crippen LogP contribution in [0.2, 0.25) is 0 Å². The first-order chi connectivity index (χ1) is 13.3. The molecule has 2 aromatic rings. The Hall–Kier alpha value is -3.33. The van der Waals surface area contributed by atoms with Crippen molar-refractivity contribution in [3.63, 3.8) is 0 Å². The standard InChI is InChI=1S/C19H17NO7S/c1-25-17(22)11-7-12(18(23)26-2)9-13(8-11)27-19(24)14-5-3-4-6-15(14)28-10-16(20)21/h3-9H,10H2,1-2H3,(H2,20,21). The molecule has 28 heavy (non-hydrogen) atoms. The lowest BCUT2D eigenvalue weighted by Crippen LogP contribution is -2.15. The van der Waals surface area contributed by atoms with Crippen LogP contribution < -0.4 is 10.5 Å². The van der Waals surface area contributed by atoms with Gasteiger partial charge in [-0.05, 0) is 30.3 Å². The SMILES string of the molecule is COC(=O)c1cc(OC(=O)c2ccccc2SCC(N)=O)cc(C(=O)OC)c1. The molecule has 0 fully saturated rings. The number of amides is 1. The van der Waals surface area contributed by atoms with E-state index in [2.05, 4.69) is 9.47 Å². The zero-order chi connectivity index (χ0) is 20.7. The first-order valence-electron chi connectivity index (χ1n) is 7.89. The first kappa shape index (κ1) is 21.0. The predicted molar refractivity (Wildman–Crippen MR) is 100 cm³/mol. The summed E-state index contributed by atoms with van der Waals surface area (Å²) in [5.41, 5.74) is 5.38. The van der Waals surface area contributed by atoms with E-state index in [-0.39, 0.29) is 28.2 Å². The number of hydrogen-bond donors (Lipinski definition) is 1. The van der Waals surface area contributed by atoms with Gasteiger partial charge in [0.05, 0.1) is 36.7 Å². The Kier molecular flexibility index (Phi) is 7.16. The van der Waals surface area contributed by atoms with Gasteiger partial charge in [-0.1, -0.05) is 12.1 Å². The molecule has 0 aliphatic heterocycles. The van der Waals surface area contributed by atoms with E-state index in [1.54, 1.807) is 18.2 Å². The lowest BCUT2D eigenvalue weighted by atomic mass is 10.1. The molecule has 0 saturated heterocycles. The summed E-state index contributed by atoms with van der Waals surface area (Å²) in [5, 5.41) is 0. The van der Waals surface area contributed by atoms with Crippen molar-refractivity contribution in [2.45, 2.75) is 4.90 Å². The van der Waals surface area contributed by atoms with Crippen molar-refractivity contribution >= 4 is 35.6 Å². The highest BCUT2D eigenvalue weighted by molar-refractivity contribution is 8.00. The van der Waals surface area contributed by atoms with Gasteiger partial charge < -0.3 is 19.9 Å². The summed E-state index contributed by atoms with van der Waals surface area (Å²) in [5.74, 6) is -2.72. The summed E-state index contributed by atoms with van der Waals surface area (Å²) in [4.78, 5) is 47.8. The quantitative estimate of drug-likeness (QED) is 0.423. The normalized spacial score (nSPS) is 10.1. The van der Waals surface area contributed by atoms with Crippen molar-refractivity contribution in [1.29, 1.82) is 0 Å². The van der Waals surface area contributed by atoms with Gasteiger partial charge in [0.15, 0.2) is 0 Å². The molecule has 2 aromatic carbocycles. The van der Waals surface area contributed by atoms with E-state index in [1.165, 1.54) is 38.5 Å². The Morgan fingerprint density at radius 1 is 0.893 bits per heavy atom. The smallest absolute Gasteiger partial charge is 0.344 e. The molecule has 0 atom stereocenters. The van der Waals surface area contributed by atoms with Crippen LogP contribution >= 0.6 is 11.8 Å². The molecule has 2 N–H and O–H groups in total. The minimum Gasteiger partial charge on any atom is -0.465 e. The van der Waals surface area contributed by atoms with Crippen LogP contribution in [0.15, 0.2) is 47.4 Å². The van der Waals surface area contributed by atoms with Gasteiger partial charge in [0, 0.05) is 4.90 Å². The number of methoxy groups -OCH3 is 2. The minimum atomic E-state index is -0.731. The third-order valence-electron chi connectivity index (χ3n) is 3.44. The molecule has 0 saturated carbocycles. The van der Waals surface area contributed by atoms with Gasteiger partial charge >= 0.3 is 17.9 Å². The molecule has 1 amide bonds. The number of esters is 3. The van der Waals surface area contributed by atoms with Gasteiger partial charge in [0.1, 0.15) is 5.75 Å². The molecule has 0 spiro atoms. The summed E-state index contributed by atoms with van der Waals surface area (Å²) in [6.07, 6.45) is 0. The summed E-state index contributed by atoms with van der Waals surface area (Å²) in [7, 11) is 2.37. The fraction of sp³-hybridized carbons (Fsp3) is 0.158. The van der Waals surface area contributed by atoms with Crippen molar-refractivity contribution in [3.8, 4) is 5.75 Å². The second-order valence-electron chi connectivity index (χ2n) is 5.37. The number of rotatable bonds is 7. The van der Waals surface area contributed by atoms with E-state index in [4.69, 9.17) is 10.5 Å². The number of carbonyl (C=O) groups excluding carboxylic acids is 4. The maximum Gasteiger partial charge on any atom is 0.344 e. The summed E-state index contributed by atoms with van der Waals surface area (Å²) in [6, 6.07) is 10.3. The Morgan fingerprint density at radius 2 is 1.46 bits per heavy atom. The molecule has 0 radical (unpaired) electrons. The van der Waals surface area contributed by atoms with Gasteiger partial charge in [-0.3, -0.25) is 4.79 Å². The van der Waals surface area contributed by atoms with Gasteiger partial charge in [-0.25, -0.2) is 14.4 Å². The third kappa shape index (κ3) is 5.34. The number of nitrogens with two attached hydrogens (primary N) is 1. The summed E-state index contributed by atoms with van der Waals surface area (Å²) < 4.78 is 14.6. The minimum absolute atomic E-state index is 0.00535. The highest BCUT2D eigenvalue weighted by Gasteiger charge is 2.18. The number of ether oxygens (including phenoxy) is 3. The van der Waals surface area contributed by atoms with Crippen LogP contribution in [-0.4, -0.2) is 43.8 Å². The maximum atomic E-state index is 12.6. The molecule has 0 heterocycles. The van der Waals surface area contributed by atoms with Crippen LogP contribution in [0.4, 0.5) is 0 Å². The summed E-state index contributed by atoms with van der Waals surface area (Å²) in [6.45, 7) is 0. The van der Waals surface area contributed by atoms with Crippen LogP contribution in [0.5, 0.6) is 5.75 Å². The van der Waals surface area contributed by atoms with Crippen LogP contribution in [0, 0.1) is 0 Å². The van der Waals surface area contributed by atoms with Crippen LogP contribution in [0.3, 0.4) is 0 Å². The van der Waals surface area contributed by atoms with Crippen LogP contribution in [0.25, 0.3) is 0 Å². The highest BCUT2D eigenvalue weighted by atomic mass is 32.2. The van der Waals surface area contributed by atoms with Crippen molar-refractivity contribution < 1.29 is 33.4 Å². The Bertz CT molecular complexity index is 892. The van der Waals surface area contributed by atoms with Crippen molar-refractivity contribution in [3.05, 3.63) is 59.2 Å². The average molecular weight is 403 g/mol. The Balaban J connectivity index is 2.34. The molecule has 0 aliphatic rings. The number of thioether (sulfide) groups is 1. The molecule has 9 heteroatoms. The Morgan fingerprint density at radius 3 is 2.00 bits per heavy atom. The first-order valence-corrected chi connectivity index (χ1v) is 8.88. The van der Waals surface area contributed by atoms with E-state index in [0.717, 1.165) is 11.8 Å². The Labute approximate surface area is 164 Å². The van der Waals surface area contributed by atoms with Crippen LogP contribution in [-0.2, 0) is 14.3 Å². The van der Waals surface area contributed by atoms with Gasteiger partial charge in [-0.15, -0.1) is 11.8 Å². The van der Waals surface area contributed by atoms with E-state index >= 15 is 0 Å². The topological polar surface area (TPSA) is 122 Å². The number of primary amides is 1. The van der Waals surface area contributed by atoms with Crippen molar-refractivity contribution in [2.24, 2.45) is 5.73 Å². The highest BCUT2D eigenvalue weighted by Crippen LogP contribution is 2.25. The van der Waals surface area contributed by atoms with Gasteiger partial charge in [-0.2, -0.15) is 0 Å². The molecule has 0 bridgehead atoms. The predicted octanol–water partition coefficient (Wildman–Crippen LogP) is 2.06. The fourth-order valence-corrected chi connectivity index (χ4v) is 2.98. The van der Waals surface area contributed by atoms with E-state index < -0.39 is 23.8 Å². The fourth-order valence-electron chi connectivity index (χ4n) is 2.20. The molecule has 146 valence electrons.